The summed E-state index contributed by atoms with van der Waals surface area (Å²) in [6.07, 6.45) is 1.01. The molecule has 2 aromatic rings. The van der Waals surface area contributed by atoms with Crippen molar-refractivity contribution >= 4 is 22.4 Å². The number of carbonyl (C=O) groups excluding carboxylic acids is 1. The van der Waals surface area contributed by atoms with Gasteiger partial charge in [0.25, 0.3) is 5.91 Å². The lowest BCUT2D eigenvalue weighted by Gasteiger charge is -2.15. The SMILES string of the molecule is CCCNc1nnc(C(=O)N(C)Cc2ccccc2)s1. The molecule has 106 valence electrons. The van der Waals surface area contributed by atoms with Crippen LogP contribution in [0.4, 0.5) is 5.13 Å². The van der Waals surface area contributed by atoms with E-state index in [-0.39, 0.29) is 5.91 Å². The second kappa shape index (κ2) is 7.00. The van der Waals surface area contributed by atoms with E-state index in [2.05, 4.69) is 22.4 Å². The van der Waals surface area contributed by atoms with Crippen LogP contribution in [0.25, 0.3) is 0 Å². The lowest BCUT2D eigenvalue weighted by molar-refractivity contribution is 0.0784. The minimum Gasteiger partial charge on any atom is -0.360 e. The molecular weight excluding hydrogens is 272 g/mol. The van der Waals surface area contributed by atoms with Gasteiger partial charge >= 0.3 is 0 Å². The van der Waals surface area contributed by atoms with Gasteiger partial charge in [0.2, 0.25) is 10.1 Å². The number of hydrogen-bond acceptors (Lipinski definition) is 5. The highest BCUT2D eigenvalue weighted by Crippen LogP contribution is 2.17. The van der Waals surface area contributed by atoms with Crippen LogP contribution in [0, 0.1) is 0 Å². The van der Waals surface area contributed by atoms with Gasteiger partial charge in [-0.2, -0.15) is 0 Å². The molecule has 0 aliphatic carbocycles. The summed E-state index contributed by atoms with van der Waals surface area (Å²) >= 11 is 1.30. The second-order valence-corrected chi connectivity index (χ2v) is 5.46. The number of benzene rings is 1. The lowest BCUT2D eigenvalue weighted by atomic mass is 10.2. The number of hydrogen-bond donors (Lipinski definition) is 1. The topological polar surface area (TPSA) is 58.1 Å². The molecule has 0 saturated heterocycles. The number of amides is 1. The van der Waals surface area contributed by atoms with Gasteiger partial charge in [-0.25, -0.2) is 0 Å². The molecule has 1 heterocycles. The van der Waals surface area contributed by atoms with Gasteiger partial charge in [0.1, 0.15) is 0 Å². The standard InChI is InChI=1S/C14H18N4OS/c1-3-9-15-14-17-16-12(20-14)13(19)18(2)10-11-7-5-4-6-8-11/h4-8H,3,9-10H2,1-2H3,(H,15,17). The first kappa shape index (κ1) is 14.5. The van der Waals surface area contributed by atoms with Crippen LogP contribution in [0.5, 0.6) is 0 Å². The van der Waals surface area contributed by atoms with Crippen molar-refractivity contribution in [1.29, 1.82) is 0 Å². The minimum atomic E-state index is -0.101. The molecule has 6 heteroatoms. The molecule has 0 unspecified atom stereocenters. The van der Waals surface area contributed by atoms with Gasteiger partial charge in [-0.05, 0) is 12.0 Å². The summed E-state index contributed by atoms with van der Waals surface area (Å²) in [5.74, 6) is -0.101. The molecule has 1 amide bonds. The van der Waals surface area contributed by atoms with Crippen molar-refractivity contribution in [2.75, 3.05) is 18.9 Å². The van der Waals surface area contributed by atoms with E-state index >= 15 is 0 Å². The Morgan fingerprint density at radius 1 is 1.30 bits per heavy atom. The highest BCUT2D eigenvalue weighted by atomic mass is 32.1. The van der Waals surface area contributed by atoms with Crippen molar-refractivity contribution in [3.63, 3.8) is 0 Å². The molecule has 1 N–H and O–H groups in total. The Bertz CT molecular complexity index is 555. The van der Waals surface area contributed by atoms with Crippen LogP contribution in [0.15, 0.2) is 30.3 Å². The highest BCUT2D eigenvalue weighted by Gasteiger charge is 2.17. The first-order chi connectivity index (χ1) is 9.70. The van der Waals surface area contributed by atoms with Crippen LogP contribution in [0.1, 0.15) is 28.7 Å². The summed E-state index contributed by atoms with van der Waals surface area (Å²) in [5.41, 5.74) is 1.09. The Kier molecular flexibility index (Phi) is 5.06. The van der Waals surface area contributed by atoms with E-state index in [9.17, 15) is 4.79 Å². The summed E-state index contributed by atoms with van der Waals surface area (Å²) in [7, 11) is 1.77. The van der Waals surface area contributed by atoms with Gasteiger partial charge in [0.15, 0.2) is 0 Å². The van der Waals surface area contributed by atoms with Crippen LogP contribution in [0.3, 0.4) is 0 Å². The van der Waals surface area contributed by atoms with E-state index in [0.717, 1.165) is 18.5 Å². The zero-order valence-electron chi connectivity index (χ0n) is 11.7. The summed E-state index contributed by atoms with van der Waals surface area (Å²) in [6, 6.07) is 9.88. The van der Waals surface area contributed by atoms with Crippen molar-refractivity contribution in [3.8, 4) is 0 Å². The summed E-state index contributed by atoms with van der Waals surface area (Å²) in [6.45, 7) is 3.48. The summed E-state index contributed by atoms with van der Waals surface area (Å²) in [4.78, 5) is 13.9. The number of nitrogens with one attached hydrogen (secondary N) is 1. The molecule has 0 radical (unpaired) electrons. The van der Waals surface area contributed by atoms with Crippen LogP contribution in [-0.4, -0.2) is 34.6 Å². The molecule has 0 aliphatic heterocycles. The Hall–Kier alpha value is -1.95. The average molecular weight is 290 g/mol. The Balaban J connectivity index is 1.98. The first-order valence-corrected chi connectivity index (χ1v) is 7.39. The van der Waals surface area contributed by atoms with Crippen molar-refractivity contribution in [1.82, 2.24) is 15.1 Å². The van der Waals surface area contributed by atoms with Crippen LogP contribution >= 0.6 is 11.3 Å². The normalized spacial score (nSPS) is 10.3. The highest BCUT2D eigenvalue weighted by molar-refractivity contribution is 7.17. The van der Waals surface area contributed by atoms with Crippen LogP contribution in [-0.2, 0) is 6.54 Å². The quantitative estimate of drug-likeness (QED) is 0.888. The maximum Gasteiger partial charge on any atom is 0.284 e. The van der Waals surface area contributed by atoms with E-state index < -0.39 is 0 Å². The fraction of sp³-hybridized carbons (Fsp3) is 0.357. The predicted molar refractivity (Wildman–Crippen MR) is 80.9 cm³/mol. The number of rotatable bonds is 6. The number of nitrogens with zero attached hydrogens (tertiary/aromatic N) is 3. The van der Waals surface area contributed by atoms with Crippen molar-refractivity contribution in [2.24, 2.45) is 0 Å². The maximum absolute atomic E-state index is 12.2. The van der Waals surface area contributed by atoms with Crippen LogP contribution in [0.2, 0.25) is 0 Å². The number of carbonyl (C=O) groups is 1. The molecule has 0 saturated carbocycles. The zero-order valence-corrected chi connectivity index (χ0v) is 12.5. The second-order valence-electron chi connectivity index (χ2n) is 4.49. The molecule has 0 bridgehead atoms. The van der Waals surface area contributed by atoms with Gasteiger partial charge in [0, 0.05) is 20.1 Å². The third-order valence-corrected chi connectivity index (χ3v) is 3.61. The molecule has 0 spiro atoms. The van der Waals surface area contributed by atoms with E-state index in [1.807, 2.05) is 30.3 Å². The van der Waals surface area contributed by atoms with Crippen molar-refractivity contribution in [3.05, 3.63) is 40.9 Å². The Morgan fingerprint density at radius 3 is 2.75 bits per heavy atom. The molecule has 1 aromatic carbocycles. The summed E-state index contributed by atoms with van der Waals surface area (Å²) < 4.78 is 0. The van der Waals surface area contributed by atoms with Gasteiger partial charge in [-0.15, -0.1) is 10.2 Å². The molecule has 1 aromatic heterocycles. The molecule has 20 heavy (non-hydrogen) atoms. The maximum atomic E-state index is 12.2. The molecule has 2 rings (SSSR count). The van der Waals surface area contributed by atoms with Crippen molar-refractivity contribution in [2.45, 2.75) is 19.9 Å². The molecule has 0 aliphatic rings. The monoisotopic (exact) mass is 290 g/mol. The first-order valence-electron chi connectivity index (χ1n) is 6.57. The average Bonchev–Trinajstić information content (AvgIpc) is 2.94. The molecule has 0 fully saturated rings. The fourth-order valence-electron chi connectivity index (χ4n) is 1.71. The number of anilines is 1. The Labute approximate surface area is 122 Å². The van der Waals surface area contributed by atoms with Gasteiger partial charge in [-0.3, -0.25) is 4.79 Å². The molecule has 0 atom stereocenters. The van der Waals surface area contributed by atoms with E-state index in [1.54, 1.807) is 11.9 Å². The summed E-state index contributed by atoms with van der Waals surface area (Å²) in [5, 5.41) is 12.2. The largest absolute Gasteiger partial charge is 0.360 e. The predicted octanol–water partition coefficient (Wildman–Crippen LogP) is 2.63. The third-order valence-electron chi connectivity index (χ3n) is 2.74. The van der Waals surface area contributed by atoms with Gasteiger partial charge in [0.05, 0.1) is 0 Å². The van der Waals surface area contributed by atoms with E-state index in [1.165, 1.54) is 11.3 Å². The zero-order chi connectivity index (χ0) is 14.4. The van der Waals surface area contributed by atoms with E-state index in [0.29, 0.717) is 16.7 Å². The number of aromatic nitrogens is 2. The van der Waals surface area contributed by atoms with Crippen LogP contribution < -0.4 is 5.32 Å². The Morgan fingerprint density at radius 2 is 2.05 bits per heavy atom. The smallest absolute Gasteiger partial charge is 0.284 e. The van der Waals surface area contributed by atoms with Crippen molar-refractivity contribution < 1.29 is 4.79 Å². The van der Waals surface area contributed by atoms with Gasteiger partial charge in [-0.1, -0.05) is 48.6 Å². The molecule has 5 nitrogen and oxygen atoms in total. The fourth-order valence-corrected chi connectivity index (χ4v) is 2.47. The minimum absolute atomic E-state index is 0.101. The van der Waals surface area contributed by atoms with Gasteiger partial charge < -0.3 is 10.2 Å². The third kappa shape index (κ3) is 3.77. The lowest BCUT2D eigenvalue weighted by Crippen LogP contribution is -2.26. The van der Waals surface area contributed by atoms with E-state index in [4.69, 9.17) is 0 Å². The molecular formula is C14H18N4OS.